The van der Waals surface area contributed by atoms with Crippen LogP contribution in [0.15, 0.2) is 22.1 Å². The maximum atomic E-state index is 14.6. The van der Waals surface area contributed by atoms with Crippen molar-refractivity contribution in [1.29, 1.82) is 0 Å². The van der Waals surface area contributed by atoms with Gasteiger partial charge in [0, 0.05) is 6.07 Å². The van der Waals surface area contributed by atoms with E-state index in [0.717, 1.165) is 11.3 Å². The van der Waals surface area contributed by atoms with Crippen molar-refractivity contribution in [1.82, 2.24) is 0 Å². The topological polar surface area (TPSA) is 80.0 Å². The van der Waals surface area contributed by atoms with E-state index in [4.69, 9.17) is 11.5 Å². The van der Waals surface area contributed by atoms with E-state index in [-0.39, 0.29) is 18.0 Å². The lowest BCUT2D eigenvalue weighted by Gasteiger charge is -2.45. The number of aliphatic imine (C=N–C) groups is 2. The number of rotatable bonds is 1. The third-order valence-corrected chi connectivity index (χ3v) is 4.42. The molecule has 0 bridgehead atoms. The van der Waals surface area contributed by atoms with Crippen molar-refractivity contribution in [2.45, 2.75) is 43.9 Å². The Morgan fingerprint density at radius 3 is 2.28 bits per heavy atom. The molecule has 1 saturated carbocycles. The summed E-state index contributed by atoms with van der Waals surface area (Å²) in [5.41, 5.74) is 7.96. The van der Waals surface area contributed by atoms with Gasteiger partial charge < -0.3 is 11.5 Å². The van der Waals surface area contributed by atoms with Crippen molar-refractivity contribution >= 4 is 17.6 Å². The first-order chi connectivity index (χ1) is 11.6. The smallest absolute Gasteiger partial charge is 0.369 e. The Morgan fingerprint density at radius 1 is 1.04 bits per heavy atom. The predicted molar refractivity (Wildman–Crippen MR) is 82.9 cm³/mol. The second-order valence-corrected chi connectivity index (χ2v) is 6.10. The van der Waals surface area contributed by atoms with Gasteiger partial charge in [-0.2, -0.15) is 18.2 Å². The summed E-state index contributed by atoms with van der Waals surface area (Å²) < 4.78 is 67.5. The molecule has 0 aromatic heterocycles. The lowest BCUT2D eigenvalue weighted by Crippen LogP contribution is -2.58. The molecule has 2 aliphatic rings. The van der Waals surface area contributed by atoms with Gasteiger partial charge in [0.1, 0.15) is 11.5 Å². The van der Waals surface area contributed by atoms with E-state index in [0.29, 0.717) is 31.7 Å². The molecule has 0 atom stereocenters. The normalized spacial score (nSPS) is 20.4. The fourth-order valence-electron chi connectivity index (χ4n) is 3.41. The lowest BCUT2D eigenvalue weighted by atomic mass is 9.87. The zero-order valence-corrected chi connectivity index (χ0v) is 13.1. The maximum absolute atomic E-state index is 14.6. The highest BCUT2D eigenvalue weighted by atomic mass is 19.4. The van der Waals surface area contributed by atoms with Crippen molar-refractivity contribution in [3.63, 3.8) is 0 Å². The number of nitrogens with zero attached hydrogens (tertiary/aromatic N) is 3. The van der Waals surface area contributed by atoms with Gasteiger partial charge in [-0.3, -0.25) is 4.90 Å². The van der Waals surface area contributed by atoms with Crippen LogP contribution in [0.2, 0.25) is 0 Å². The molecular weight excluding hydrogens is 345 g/mol. The number of alkyl halides is 3. The Labute approximate surface area is 140 Å². The van der Waals surface area contributed by atoms with E-state index in [1.165, 1.54) is 0 Å². The van der Waals surface area contributed by atoms with Crippen LogP contribution in [0, 0.1) is 11.6 Å². The summed E-state index contributed by atoms with van der Waals surface area (Å²) in [6, 6.07) is 0.779. The van der Waals surface area contributed by atoms with Gasteiger partial charge in [0.25, 0.3) is 0 Å². The van der Waals surface area contributed by atoms with Gasteiger partial charge >= 0.3 is 6.18 Å². The molecule has 10 heteroatoms. The number of hydrogen-bond donors (Lipinski definition) is 2. The van der Waals surface area contributed by atoms with Gasteiger partial charge in [0.15, 0.2) is 5.82 Å². The van der Waals surface area contributed by atoms with Crippen molar-refractivity contribution in [2.24, 2.45) is 21.5 Å². The fourth-order valence-corrected chi connectivity index (χ4v) is 3.41. The highest BCUT2D eigenvalue weighted by Crippen LogP contribution is 2.43. The second kappa shape index (κ2) is 5.85. The molecule has 0 radical (unpaired) electrons. The maximum Gasteiger partial charge on any atom is 0.419 e. The first-order valence-corrected chi connectivity index (χ1v) is 7.70. The molecule has 1 fully saturated rings. The van der Waals surface area contributed by atoms with Crippen LogP contribution >= 0.6 is 0 Å². The third-order valence-electron chi connectivity index (χ3n) is 4.42. The monoisotopic (exact) mass is 361 g/mol. The first-order valence-electron chi connectivity index (χ1n) is 7.70. The van der Waals surface area contributed by atoms with Crippen LogP contribution in [0.1, 0.15) is 37.7 Å². The van der Waals surface area contributed by atoms with Crippen molar-refractivity contribution in [2.75, 3.05) is 4.90 Å². The summed E-state index contributed by atoms with van der Waals surface area (Å²) in [5.74, 6) is -3.30. The molecule has 1 aromatic carbocycles. The molecule has 4 N–H and O–H groups in total. The summed E-state index contributed by atoms with van der Waals surface area (Å²) in [6.45, 7) is 0. The largest absolute Gasteiger partial charge is 0.419 e. The highest BCUT2D eigenvalue weighted by Gasteiger charge is 2.45. The molecule has 0 saturated heterocycles. The molecule has 1 heterocycles. The Bertz CT molecular complexity index is 749. The summed E-state index contributed by atoms with van der Waals surface area (Å²) in [4.78, 5) is 8.99. The SMILES string of the molecule is NC1=NC2(CCCCC2)N(c2cc(F)cc(C(F)(F)F)c2F)C(N)=N1. The van der Waals surface area contributed by atoms with Crippen molar-refractivity contribution < 1.29 is 22.0 Å². The van der Waals surface area contributed by atoms with Gasteiger partial charge in [0.2, 0.25) is 11.9 Å². The average Bonchev–Trinajstić information content (AvgIpc) is 2.49. The van der Waals surface area contributed by atoms with Crippen molar-refractivity contribution in [3.05, 3.63) is 29.3 Å². The van der Waals surface area contributed by atoms with Crippen LogP contribution in [0.25, 0.3) is 0 Å². The van der Waals surface area contributed by atoms with Crippen molar-refractivity contribution in [3.8, 4) is 0 Å². The van der Waals surface area contributed by atoms with Crippen LogP contribution < -0.4 is 16.4 Å². The quantitative estimate of drug-likeness (QED) is 0.755. The zero-order valence-electron chi connectivity index (χ0n) is 13.1. The average molecular weight is 361 g/mol. The van der Waals surface area contributed by atoms with Gasteiger partial charge in [0.05, 0.1) is 11.3 Å². The van der Waals surface area contributed by atoms with Gasteiger partial charge in [-0.25, -0.2) is 13.8 Å². The van der Waals surface area contributed by atoms with E-state index in [2.05, 4.69) is 9.98 Å². The molecule has 0 unspecified atom stereocenters. The Hall–Kier alpha value is -2.39. The molecule has 25 heavy (non-hydrogen) atoms. The minimum Gasteiger partial charge on any atom is -0.369 e. The van der Waals surface area contributed by atoms with Gasteiger partial charge in [-0.1, -0.05) is 6.42 Å². The highest BCUT2D eigenvalue weighted by molar-refractivity contribution is 6.05. The minimum atomic E-state index is -5.05. The van der Waals surface area contributed by atoms with E-state index in [1.54, 1.807) is 0 Å². The zero-order chi connectivity index (χ0) is 18.4. The lowest BCUT2D eigenvalue weighted by molar-refractivity contribution is -0.140. The molecular formula is C15H16F5N5. The van der Waals surface area contributed by atoms with Crippen LogP contribution in [0.4, 0.5) is 27.6 Å². The summed E-state index contributed by atoms with van der Waals surface area (Å²) in [6.07, 6.45) is -1.98. The van der Waals surface area contributed by atoms with Crippen LogP contribution in [-0.4, -0.2) is 17.6 Å². The predicted octanol–water partition coefficient (Wildman–Crippen LogP) is 3.09. The van der Waals surface area contributed by atoms with Crippen LogP contribution in [-0.2, 0) is 6.18 Å². The van der Waals surface area contributed by atoms with Gasteiger partial charge in [-0.05, 0) is 31.7 Å². The van der Waals surface area contributed by atoms with E-state index in [9.17, 15) is 22.0 Å². The molecule has 0 amide bonds. The number of halogens is 5. The molecule has 1 aliphatic carbocycles. The van der Waals surface area contributed by atoms with Gasteiger partial charge in [-0.15, -0.1) is 0 Å². The Kier molecular flexibility index (Phi) is 4.08. The number of anilines is 1. The molecule has 1 spiro atoms. The molecule has 5 nitrogen and oxygen atoms in total. The molecule has 136 valence electrons. The van der Waals surface area contributed by atoms with E-state index < -0.39 is 34.7 Å². The molecule has 1 aliphatic heterocycles. The summed E-state index contributed by atoms with van der Waals surface area (Å²) >= 11 is 0. The fraction of sp³-hybridized carbons (Fsp3) is 0.467. The Balaban J connectivity index is 2.20. The Morgan fingerprint density at radius 2 is 1.68 bits per heavy atom. The third kappa shape index (κ3) is 3.00. The summed E-state index contributed by atoms with van der Waals surface area (Å²) in [7, 11) is 0. The number of guanidine groups is 2. The van der Waals surface area contributed by atoms with E-state index >= 15 is 0 Å². The first kappa shape index (κ1) is 17.4. The number of hydrogen-bond acceptors (Lipinski definition) is 5. The van der Waals surface area contributed by atoms with Crippen LogP contribution in [0.3, 0.4) is 0 Å². The second-order valence-electron chi connectivity index (χ2n) is 6.10. The number of nitrogens with two attached hydrogens (primary N) is 2. The van der Waals surface area contributed by atoms with E-state index in [1.807, 2.05) is 0 Å². The minimum absolute atomic E-state index is 0.112. The molecule has 3 rings (SSSR count). The summed E-state index contributed by atoms with van der Waals surface area (Å²) in [5, 5.41) is 0. The van der Waals surface area contributed by atoms with Crippen LogP contribution in [0.5, 0.6) is 0 Å². The standard InChI is InChI=1S/C15H16F5N5/c16-8-6-9(15(18,19)20)11(17)10(7-8)25-13(22)23-12(21)24-14(25)4-2-1-3-5-14/h6-7H,1-5H2,(H4,21,22,23,24). The number of benzene rings is 1. The molecule has 1 aromatic rings.